The van der Waals surface area contributed by atoms with Crippen LogP contribution in [0.1, 0.15) is 12.1 Å². The van der Waals surface area contributed by atoms with Crippen LogP contribution in [0.15, 0.2) is 18.3 Å². The largest absolute Gasteiger partial charge is 0.227 e. The molecule has 3 nitrogen and oxygen atoms in total. The molecule has 0 radical (unpaired) electrons. The van der Waals surface area contributed by atoms with Gasteiger partial charge in [-0.3, -0.25) is 0 Å². The Morgan fingerprint density at radius 1 is 1.42 bits per heavy atom. The van der Waals surface area contributed by atoms with Crippen LogP contribution in [0.4, 0.5) is 0 Å². The van der Waals surface area contributed by atoms with Gasteiger partial charge in [0.25, 0.3) is 0 Å². The molecule has 58 valence electrons. The van der Waals surface area contributed by atoms with E-state index in [1.807, 2.05) is 16.7 Å². The van der Waals surface area contributed by atoms with Crippen LogP contribution in [0.5, 0.6) is 0 Å². The molecule has 3 heteroatoms. The molecule has 1 aliphatic rings. The first kappa shape index (κ1) is 5.94. The number of hydrogen-bond donors (Lipinski definition) is 0. The third-order valence-corrected chi connectivity index (χ3v) is 2.07. The normalized spacial score (nSPS) is 14.7. The van der Waals surface area contributed by atoms with Crippen molar-refractivity contribution in [2.75, 3.05) is 0 Å². The van der Waals surface area contributed by atoms with Crippen LogP contribution in [0.2, 0.25) is 0 Å². The molecule has 0 saturated carbocycles. The molecule has 2 heterocycles. The summed E-state index contributed by atoms with van der Waals surface area (Å²) < 4.78 is 1.87. The van der Waals surface area contributed by atoms with Crippen molar-refractivity contribution in [2.24, 2.45) is 0 Å². The smallest absolute Gasteiger partial charge is 0.156 e. The Hall–Kier alpha value is -1.64. The summed E-state index contributed by atoms with van der Waals surface area (Å²) in [6, 6.07) is 1.92. The van der Waals surface area contributed by atoms with Gasteiger partial charge in [-0.2, -0.15) is 5.10 Å². The van der Waals surface area contributed by atoms with Gasteiger partial charge in [-0.1, -0.05) is 12.2 Å². The number of imidazole rings is 1. The zero-order valence-corrected chi connectivity index (χ0v) is 6.44. The lowest BCUT2D eigenvalue weighted by Gasteiger charge is -1.91. The molecule has 1 aliphatic carbocycles. The number of aromatic nitrogens is 3. The minimum atomic E-state index is 0.933. The third kappa shape index (κ3) is 0.605. The molecule has 0 amide bonds. The molecule has 0 unspecified atom stereocenters. The average molecular weight is 157 g/mol. The first-order valence-corrected chi connectivity index (χ1v) is 3.95. The zero-order valence-electron chi connectivity index (χ0n) is 6.44. The Morgan fingerprint density at radius 3 is 3.42 bits per heavy atom. The van der Waals surface area contributed by atoms with Gasteiger partial charge < -0.3 is 0 Å². The molecule has 12 heavy (non-hydrogen) atoms. The number of hydrogen-bond acceptors (Lipinski definition) is 2. The molecule has 0 atom stereocenters. The molecule has 2 aromatic heterocycles. The Labute approximate surface area is 69.0 Å². The van der Waals surface area contributed by atoms with Gasteiger partial charge in [-0.15, -0.1) is 0 Å². The molecule has 2 aromatic rings. The fourth-order valence-electron chi connectivity index (χ4n) is 1.53. The van der Waals surface area contributed by atoms with Gasteiger partial charge in [0.1, 0.15) is 0 Å². The van der Waals surface area contributed by atoms with Gasteiger partial charge >= 0.3 is 0 Å². The molecule has 0 bridgehead atoms. The zero-order chi connectivity index (χ0) is 7.97. The summed E-state index contributed by atoms with van der Waals surface area (Å²) in [4.78, 5) is 4.40. The quantitative estimate of drug-likeness (QED) is 0.562. The third-order valence-electron chi connectivity index (χ3n) is 2.07. The molecule has 0 N–H and O–H groups in total. The Balaban J connectivity index is 2.58. The van der Waals surface area contributed by atoms with E-state index in [9.17, 15) is 0 Å². The van der Waals surface area contributed by atoms with Crippen LogP contribution in [-0.4, -0.2) is 14.6 Å². The highest BCUT2D eigenvalue weighted by Crippen LogP contribution is 2.04. The second-order valence-corrected chi connectivity index (χ2v) is 2.83. The highest BCUT2D eigenvalue weighted by molar-refractivity contribution is 5.57. The van der Waals surface area contributed by atoms with Crippen LogP contribution >= 0.6 is 0 Å². The Kier molecular flexibility index (Phi) is 0.961. The van der Waals surface area contributed by atoms with Gasteiger partial charge in [0.05, 0.1) is 17.2 Å². The highest BCUT2D eigenvalue weighted by Gasteiger charge is 2.05. The maximum atomic E-state index is 4.40. The van der Waals surface area contributed by atoms with E-state index in [0.29, 0.717) is 0 Å². The topological polar surface area (TPSA) is 30.2 Å². The standard InChI is InChI=1S/C9H7N3/c1-2-4-8-7(3-1)11-9-5-6-10-12(8)9/h1,3-6H,2H2. The fraction of sp³-hybridized carbons (Fsp3) is 0.111. The van der Waals surface area contributed by atoms with Crippen molar-refractivity contribution in [3.8, 4) is 0 Å². The van der Waals surface area contributed by atoms with E-state index in [1.54, 1.807) is 6.20 Å². The lowest BCUT2D eigenvalue weighted by molar-refractivity contribution is 0.936. The van der Waals surface area contributed by atoms with E-state index in [2.05, 4.69) is 22.2 Å². The maximum Gasteiger partial charge on any atom is 0.156 e. The van der Waals surface area contributed by atoms with Crippen molar-refractivity contribution in [1.82, 2.24) is 14.6 Å². The summed E-state index contributed by atoms with van der Waals surface area (Å²) in [5.74, 6) is 0. The van der Waals surface area contributed by atoms with Gasteiger partial charge in [0, 0.05) is 6.07 Å². The van der Waals surface area contributed by atoms with Crippen molar-refractivity contribution in [1.29, 1.82) is 0 Å². The monoisotopic (exact) mass is 157 g/mol. The first-order valence-electron chi connectivity index (χ1n) is 3.95. The summed E-state index contributed by atoms with van der Waals surface area (Å²) in [7, 11) is 0. The summed E-state index contributed by atoms with van der Waals surface area (Å²) >= 11 is 0. The van der Waals surface area contributed by atoms with Gasteiger partial charge in [-0.25, -0.2) is 9.50 Å². The molecule has 0 fully saturated rings. The number of rotatable bonds is 0. The summed E-state index contributed by atoms with van der Waals surface area (Å²) in [6.45, 7) is 0. The predicted molar refractivity (Wildman–Crippen MR) is 46.3 cm³/mol. The molecule has 0 aromatic carbocycles. The summed E-state index contributed by atoms with van der Waals surface area (Å²) in [5, 5.41) is 5.30. The second kappa shape index (κ2) is 1.94. The van der Waals surface area contributed by atoms with Crippen LogP contribution in [0, 0.1) is 0 Å². The second-order valence-electron chi connectivity index (χ2n) is 2.83. The van der Waals surface area contributed by atoms with Crippen LogP contribution in [0.3, 0.4) is 0 Å². The first-order chi connectivity index (χ1) is 5.95. The van der Waals surface area contributed by atoms with Gasteiger partial charge in [0.15, 0.2) is 5.65 Å². The van der Waals surface area contributed by atoms with Gasteiger partial charge in [-0.05, 0) is 12.5 Å². The van der Waals surface area contributed by atoms with Crippen molar-refractivity contribution in [3.63, 3.8) is 0 Å². The van der Waals surface area contributed by atoms with Gasteiger partial charge in [0.2, 0.25) is 0 Å². The Bertz CT molecular complexity index is 507. The van der Waals surface area contributed by atoms with E-state index in [-0.39, 0.29) is 0 Å². The SMILES string of the molecule is C1=Cc2nc3ccnn3c2=CC1. The van der Waals surface area contributed by atoms with E-state index in [0.717, 1.165) is 23.1 Å². The summed E-state index contributed by atoms with van der Waals surface area (Å²) in [6.07, 6.45) is 9.05. The molecule has 0 saturated heterocycles. The molecular weight excluding hydrogens is 150 g/mol. The maximum absolute atomic E-state index is 4.40. The lowest BCUT2D eigenvalue weighted by atomic mass is 10.2. The van der Waals surface area contributed by atoms with Crippen molar-refractivity contribution in [3.05, 3.63) is 29.4 Å². The van der Waals surface area contributed by atoms with Crippen LogP contribution in [-0.2, 0) is 0 Å². The van der Waals surface area contributed by atoms with Crippen molar-refractivity contribution < 1.29 is 0 Å². The van der Waals surface area contributed by atoms with Crippen LogP contribution < -0.4 is 5.35 Å². The predicted octanol–water partition coefficient (Wildman–Crippen LogP) is 0.646. The van der Waals surface area contributed by atoms with Crippen molar-refractivity contribution >= 4 is 17.8 Å². The van der Waals surface area contributed by atoms with Crippen LogP contribution in [0.25, 0.3) is 17.8 Å². The molecular formula is C9H7N3. The van der Waals surface area contributed by atoms with E-state index >= 15 is 0 Å². The average Bonchev–Trinajstić information content (AvgIpc) is 2.62. The fourth-order valence-corrected chi connectivity index (χ4v) is 1.53. The summed E-state index contributed by atoms with van der Waals surface area (Å²) in [5.41, 5.74) is 1.96. The minimum absolute atomic E-state index is 0.933. The van der Waals surface area contributed by atoms with E-state index in [1.165, 1.54) is 0 Å². The minimum Gasteiger partial charge on any atom is -0.227 e. The lowest BCUT2D eigenvalue weighted by Crippen LogP contribution is -2.13. The number of nitrogens with zero attached hydrogens (tertiary/aromatic N) is 3. The number of allylic oxidation sites excluding steroid dienone is 1. The number of fused-ring (bicyclic) bond motifs is 3. The molecule has 3 rings (SSSR count). The van der Waals surface area contributed by atoms with E-state index in [4.69, 9.17) is 0 Å². The Morgan fingerprint density at radius 2 is 2.42 bits per heavy atom. The van der Waals surface area contributed by atoms with E-state index < -0.39 is 0 Å². The molecule has 0 aliphatic heterocycles. The highest BCUT2D eigenvalue weighted by atomic mass is 15.3. The van der Waals surface area contributed by atoms with Crippen molar-refractivity contribution in [2.45, 2.75) is 6.42 Å². The molecule has 0 spiro atoms.